The molecule has 0 fully saturated rings. The van der Waals surface area contributed by atoms with Gasteiger partial charge in [-0.3, -0.25) is 0 Å². The topological polar surface area (TPSA) is 9.23 Å². The first-order valence-electron chi connectivity index (χ1n) is 4.19. The van der Waals surface area contributed by atoms with E-state index >= 15 is 0 Å². The highest BCUT2D eigenvalue weighted by Crippen LogP contribution is 2.48. The highest BCUT2D eigenvalue weighted by Gasteiger charge is 2.76. The maximum atomic E-state index is 12.6. The van der Waals surface area contributed by atoms with E-state index in [4.69, 9.17) is 0 Å². The predicted octanol–water partition coefficient (Wildman–Crippen LogP) is 4.80. The molecule has 0 aliphatic heterocycles. The zero-order valence-corrected chi connectivity index (χ0v) is 8.90. The fraction of sp³-hybridized carbons (Fsp3) is 0.714. The van der Waals surface area contributed by atoms with Crippen molar-refractivity contribution in [2.45, 2.75) is 30.3 Å². The number of halogens is 13. The minimum atomic E-state index is -6.92. The van der Waals surface area contributed by atoms with E-state index in [1.165, 1.54) is 0 Å². The van der Waals surface area contributed by atoms with Crippen LogP contribution < -0.4 is 0 Å². The Hall–Kier alpha value is -1.37. The number of ether oxygens (including phenoxy) is 1. The molecule has 1 nitrogen and oxygen atoms in total. The summed E-state index contributed by atoms with van der Waals surface area (Å²) >= 11 is 0. The third-order valence-electron chi connectivity index (χ3n) is 1.71. The third-order valence-corrected chi connectivity index (χ3v) is 1.71. The van der Waals surface area contributed by atoms with Crippen LogP contribution in [-0.2, 0) is 4.74 Å². The highest BCUT2D eigenvalue weighted by atomic mass is 19.4. The molecule has 0 heterocycles. The van der Waals surface area contributed by atoms with Crippen molar-refractivity contribution < 1.29 is 61.8 Å². The van der Waals surface area contributed by atoms with Gasteiger partial charge in [0.1, 0.15) is 6.26 Å². The van der Waals surface area contributed by atoms with E-state index < -0.39 is 42.4 Å². The van der Waals surface area contributed by atoms with Crippen LogP contribution in [0.3, 0.4) is 0 Å². The van der Waals surface area contributed by atoms with Crippen molar-refractivity contribution in [3.8, 4) is 0 Å². The Labute approximate surface area is 106 Å². The van der Waals surface area contributed by atoms with Gasteiger partial charge in [-0.1, -0.05) is 0 Å². The molecule has 0 aliphatic rings. The molecule has 126 valence electrons. The van der Waals surface area contributed by atoms with Crippen LogP contribution in [-0.4, -0.2) is 30.3 Å². The maximum Gasteiger partial charge on any atom is 0.470 e. The van der Waals surface area contributed by atoms with Gasteiger partial charge in [-0.15, -0.1) is 0 Å². The molecule has 0 rings (SSSR count). The van der Waals surface area contributed by atoms with Crippen molar-refractivity contribution in [1.29, 1.82) is 0 Å². The van der Waals surface area contributed by atoms with Crippen LogP contribution in [0.4, 0.5) is 57.1 Å². The molecule has 0 aliphatic carbocycles. The summed E-state index contributed by atoms with van der Waals surface area (Å²) < 4.78 is 157. The molecule has 0 atom stereocenters. The third kappa shape index (κ3) is 3.64. The second kappa shape index (κ2) is 5.12. The van der Waals surface area contributed by atoms with Crippen LogP contribution in [0.5, 0.6) is 0 Å². The van der Waals surface area contributed by atoms with Crippen molar-refractivity contribution in [3.63, 3.8) is 0 Å². The molecule has 21 heavy (non-hydrogen) atoms. The lowest BCUT2D eigenvalue weighted by Gasteiger charge is -2.28. The van der Waals surface area contributed by atoms with E-state index in [9.17, 15) is 57.1 Å². The van der Waals surface area contributed by atoms with Crippen LogP contribution in [0.15, 0.2) is 12.1 Å². The number of rotatable bonds is 3. The van der Waals surface area contributed by atoms with Gasteiger partial charge >= 0.3 is 30.3 Å². The van der Waals surface area contributed by atoms with E-state index in [-0.39, 0.29) is 0 Å². The molecule has 0 radical (unpaired) electrons. The highest BCUT2D eigenvalue weighted by molar-refractivity contribution is 5.06. The van der Waals surface area contributed by atoms with Gasteiger partial charge in [-0.2, -0.15) is 52.7 Å². The lowest BCUT2D eigenvalue weighted by molar-refractivity contribution is -0.418. The Morgan fingerprint density at radius 1 is 0.619 bits per heavy atom. The first-order chi connectivity index (χ1) is 8.88. The largest absolute Gasteiger partial charge is 0.470 e. The second-order valence-corrected chi connectivity index (χ2v) is 3.25. The zero-order valence-electron chi connectivity index (χ0n) is 8.90. The first-order valence-corrected chi connectivity index (χ1v) is 4.19. The molecule has 0 unspecified atom stereocenters. The fourth-order valence-corrected chi connectivity index (χ4v) is 0.637. The van der Waals surface area contributed by atoms with Crippen LogP contribution in [0.1, 0.15) is 0 Å². The summed E-state index contributed by atoms with van der Waals surface area (Å²) in [7, 11) is 0. The SMILES string of the molecule is F/C(=C\OC(F)(C(F)(F)F)C(F)(F)F)C(F)(F)C(F)(F)F. The van der Waals surface area contributed by atoms with Crippen LogP contribution in [0.2, 0.25) is 0 Å². The van der Waals surface area contributed by atoms with E-state index in [2.05, 4.69) is 4.74 Å². The number of allylic oxidation sites excluding steroid dienone is 1. The normalized spacial score (nSPS) is 16.1. The summed E-state index contributed by atoms with van der Waals surface area (Å²) in [6.45, 7) is 0. The molecule has 0 aromatic rings. The number of hydrogen-bond acceptors (Lipinski definition) is 1. The molecule has 0 saturated heterocycles. The van der Waals surface area contributed by atoms with Gasteiger partial charge in [0.05, 0.1) is 0 Å². The van der Waals surface area contributed by atoms with E-state index in [1.54, 1.807) is 0 Å². The summed E-state index contributed by atoms with van der Waals surface area (Å²) in [5, 5.41) is 0. The summed E-state index contributed by atoms with van der Waals surface area (Å²) in [5.41, 5.74) is 0. The van der Waals surface area contributed by atoms with Gasteiger partial charge in [0, 0.05) is 0 Å². The van der Waals surface area contributed by atoms with Gasteiger partial charge in [-0.25, -0.2) is 4.39 Å². The van der Waals surface area contributed by atoms with Gasteiger partial charge < -0.3 is 4.74 Å². The van der Waals surface area contributed by atoms with Crippen LogP contribution >= 0.6 is 0 Å². The van der Waals surface area contributed by atoms with Gasteiger partial charge in [-0.05, 0) is 0 Å². The Morgan fingerprint density at radius 3 is 1.19 bits per heavy atom. The fourth-order valence-electron chi connectivity index (χ4n) is 0.637. The zero-order chi connectivity index (χ0) is 17.5. The monoisotopic (exact) mass is 348 g/mol. The average molecular weight is 348 g/mol. The summed E-state index contributed by atoms with van der Waals surface area (Å²) in [4.78, 5) is 0. The number of alkyl halides is 12. The van der Waals surface area contributed by atoms with E-state index in [0.29, 0.717) is 0 Å². The van der Waals surface area contributed by atoms with Crippen molar-refractivity contribution in [2.24, 2.45) is 0 Å². The summed E-state index contributed by atoms with van der Waals surface area (Å²) in [6.07, 6.45) is -22.5. The molecule has 0 N–H and O–H groups in total. The van der Waals surface area contributed by atoms with Crippen molar-refractivity contribution in [1.82, 2.24) is 0 Å². The Bertz CT molecular complexity index is 382. The first kappa shape index (κ1) is 19.6. The minimum Gasteiger partial charge on any atom is -0.448 e. The van der Waals surface area contributed by atoms with Crippen molar-refractivity contribution in [3.05, 3.63) is 12.1 Å². The molecule has 0 aromatic carbocycles. The summed E-state index contributed by atoms with van der Waals surface area (Å²) in [5.74, 6) is -17.0. The van der Waals surface area contributed by atoms with Crippen LogP contribution in [0, 0.1) is 0 Å². The molecular weight excluding hydrogens is 347 g/mol. The van der Waals surface area contributed by atoms with Crippen molar-refractivity contribution >= 4 is 0 Å². The molecule has 0 saturated carbocycles. The molecule has 0 aromatic heterocycles. The van der Waals surface area contributed by atoms with E-state index in [1.807, 2.05) is 0 Å². The maximum absolute atomic E-state index is 12.6. The Kier molecular flexibility index (Phi) is 4.79. The van der Waals surface area contributed by atoms with Gasteiger partial charge in [0.25, 0.3) is 0 Å². The van der Waals surface area contributed by atoms with Crippen molar-refractivity contribution in [2.75, 3.05) is 0 Å². The lowest BCUT2D eigenvalue weighted by atomic mass is 10.2. The molecule has 0 amide bonds. The van der Waals surface area contributed by atoms with Gasteiger partial charge in [0.2, 0.25) is 5.83 Å². The quantitative estimate of drug-likeness (QED) is 0.526. The Balaban J connectivity index is 5.59. The number of hydrogen-bond donors (Lipinski definition) is 0. The molecular formula is C7HF13O. The molecule has 0 spiro atoms. The molecule has 0 bridgehead atoms. The predicted molar refractivity (Wildman–Crippen MR) is 37.2 cm³/mol. The lowest BCUT2D eigenvalue weighted by Crippen LogP contribution is -2.54. The van der Waals surface area contributed by atoms with E-state index in [0.717, 1.165) is 0 Å². The smallest absolute Gasteiger partial charge is 0.448 e. The average Bonchev–Trinajstić information content (AvgIpc) is 2.20. The summed E-state index contributed by atoms with van der Waals surface area (Å²) in [6, 6.07) is 0. The Morgan fingerprint density at radius 2 is 0.952 bits per heavy atom. The molecule has 14 heteroatoms. The second-order valence-electron chi connectivity index (χ2n) is 3.25. The minimum absolute atomic E-state index is 1.94. The van der Waals surface area contributed by atoms with Crippen LogP contribution in [0.25, 0.3) is 0 Å². The van der Waals surface area contributed by atoms with Gasteiger partial charge in [0.15, 0.2) is 0 Å². The standard InChI is InChI=1S/C7HF13O/c8-2(3(9,10)5(12,13)14)1-21-4(11,6(15,16)17)7(18,19)20/h1H/b2-1-.